The Morgan fingerprint density at radius 1 is 1.43 bits per heavy atom. The topological polar surface area (TPSA) is 57.8 Å². The molecule has 1 aromatic carbocycles. The zero-order valence-electron chi connectivity index (χ0n) is 11.8. The van der Waals surface area contributed by atoms with Crippen molar-refractivity contribution in [3.63, 3.8) is 0 Å². The van der Waals surface area contributed by atoms with Gasteiger partial charge in [0.25, 0.3) is 0 Å². The van der Waals surface area contributed by atoms with Crippen LogP contribution in [-0.4, -0.2) is 22.4 Å². The molecule has 0 bridgehead atoms. The van der Waals surface area contributed by atoms with E-state index in [2.05, 4.69) is 22.2 Å². The number of amides is 1. The molecular weight excluding hydrogens is 282 g/mol. The summed E-state index contributed by atoms with van der Waals surface area (Å²) >= 11 is 1.62. The Morgan fingerprint density at radius 3 is 3.10 bits per heavy atom. The van der Waals surface area contributed by atoms with E-state index >= 15 is 0 Å². The Kier molecular flexibility index (Phi) is 4.01. The van der Waals surface area contributed by atoms with E-state index in [0.29, 0.717) is 13.0 Å². The van der Waals surface area contributed by atoms with E-state index in [4.69, 9.17) is 0 Å². The van der Waals surface area contributed by atoms with E-state index < -0.39 is 0 Å². The van der Waals surface area contributed by atoms with Crippen molar-refractivity contribution in [3.05, 3.63) is 52.6 Å². The molecule has 0 saturated heterocycles. The molecule has 0 aliphatic heterocycles. The Bertz CT molecular complexity index is 733. The normalized spacial score (nSPS) is 12.4. The van der Waals surface area contributed by atoms with Crippen LogP contribution in [0.1, 0.15) is 23.4 Å². The van der Waals surface area contributed by atoms with Crippen LogP contribution in [0, 0.1) is 0 Å². The van der Waals surface area contributed by atoms with E-state index in [9.17, 15) is 4.79 Å². The number of carbonyl (C=O) groups excluding carboxylic acids is 1. The van der Waals surface area contributed by atoms with Crippen LogP contribution in [0.25, 0.3) is 10.9 Å². The molecule has 0 fully saturated rings. The van der Waals surface area contributed by atoms with E-state index in [1.54, 1.807) is 17.5 Å². The van der Waals surface area contributed by atoms with Gasteiger partial charge in [-0.05, 0) is 11.6 Å². The number of H-pyrrole nitrogens is 1. The number of benzene rings is 1. The fourth-order valence-corrected chi connectivity index (χ4v) is 3.04. The van der Waals surface area contributed by atoms with Gasteiger partial charge in [-0.2, -0.15) is 0 Å². The molecule has 0 aliphatic carbocycles. The van der Waals surface area contributed by atoms with E-state index in [0.717, 1.165) is 21.5 Å². The van der Waals surface area contributed by atoms with Crippen molar-refractivity contribution in [1.29, 1.82) is 0 Å². The van der Waals surface area contributed by atoms with Gasteiger partial charge in [0.15, 0.2) is 0 Å². The lowest BCUT2D eigenvalue weighted by Gasteiger charge is -2.09. The summed E-state index contributed by atoms with van der Waals surface area (Å²) in [5.41, 5.74) is 2.10. The lowest BCUT2D eigenvalue weighted by atomic mass is 10.1. The van der Waals surface area contributed by atoms with E-state index in [1.165, 1.54) is 0 Å². The molecule has 4 nitrogen and oxygen atoms in total. The molecule has 1 unspecified atom stereocenters. The van der Waals surface area contributed by atoms with Crippen LogP contribution in [0.4, 0.5) is 0 Å². The summed E-state index contributed by atoms with van der Waals surface area (Å²) in [5, 5.41) is 7.11. The summed E-state index contributed by atoms with van der Waals surface area (Å²) in [6.07, 6.45) is 4.10. The minimum Gasteiger partial charge on any atom is -0.361 e. The Hall–Kier alpha value is -2.14. The number of thiazole rings is 1. The maximum Gasteiger partial charge on any atom is 0.224 e. The molecule has 0 aliphatic rings. The van der Waals surface area contributed by atoms with Crippen molar-refractivity contribution < 1.29 is 4.79 Å². The summed E-state index contributed by atoms with van der Waals surface area (Å²) in [4.78, 5) is 19.6. The Morgan fingerprint density at radius 2 is 2.29 bits per heavy atom. The molecule has 3 rings (SSSR count). The molecule has 3 aromatic rings. The van der Waals surface area contributed by atoms with Gasteiger partial charge in [0.1, 0.15) is 0 Å². The highest BCUT2D eigenvalue weighted by Crippen LogP contribution is 2.19. The second-order valence-electron chi connectivity index (χ2n) is 5.11. The average Bonchev–Trinajstić information content (AvgIpc) is 3.15. The molecule has 1 atom stereocenters. The molecule has 108 valence electrons. The Balaban J connectivity index is 1.59. The maximum absolute atomic E-state index is 12.1. The van der Waals surface area contributed by atoms with Crippen molar-refractivity contribution in [1.82, 2.24) is 15.3 Å². The van der Waals surface area contributed by atoms with Crippen LogP contribution in [-0.2, 0) is 11.2 Å². The first kappa shape index (κ1) is 13.8. The minimum atomic E-state index is 0.0446. The van der Waals surface area contributed by atoms with Crippen molar-refractivity contribution in [2.45, 2.75) is 19.3 Å². The third-order valence-electron chi connectivity index (χ3n) is 3.50. The van der Waals surface area contributed by atoms with Crippen LogP contribution in [0.2, 0.25) is 0 Å². The number of hydrogen-bond acceptors (Lipinski definition) is 3. The number of para-hydroxylation sites is 1. The van der Waals surface area contributed by atoms with Gasteiger partial charge in [0.2, 0.25) is 5.91 Å². The highest BCUT2D eigenvalue weighted by atomic mass is 32.1. The number of fused-ring (bicyclic) bond motifs is 1. The van der Waals surface area contributed by atoms with Crippen LogP contribution in [0.15, 0.2) is 42.0 Å². The second-order valence-corrected chi connectivity index (χ2v) is 6.04. The first-order chi connectivity index (χ1) is 10.2. The second kappa shape index (κ2) is 6.10. The van der Waals surface area contributed by atoms with Gasteiger partial charge in [-0.1, -0.05) is 25.1 Å². The third-order valence-corrected chi connectivity index (χ3v) is 4.51. The summed E-state index contributed by atoms with van der Waals surface area (Å²) in [5.74, 6) is 0.292. The minimum absolute atomic E-state index is 0.0446. The zero-order valence-corrected chi connectivity index (χ0v) is 12.6. The summed E-state index contributed by atoms with van der Waals surface area (Å²) < 4.78 is 0. The van der Waals surface area contributed by atoms with Gasteiger partial charge >= 0.3 is 0 Å². The fourth-order valence-electron chi connectivity index (χ4n) is 2.35. The molecule has 2 heterocycles. The van der Waals surface area contributed by atoms with Crippen molar-refractivity contribution in [2.24, 2.45) is 0 Å². The summed E-state index contributed by atoms with van der Waals surface area (Å²) in [6, 6.07) is 8.02. The fraction of sp³-hybridized carbons (Fsp3) is 0.250. The maximum atomic E-state index is 12.1. The average molecular weight is 299 g/mol. The standard InChI is InChI=1S/C16H17N3OS/c1-11(16-17-6-7-21-16)9-19-15(20)8-12-10-18-14-5-3-2-4-13(12)14/h2-7,10-11,18H,8-9H2,1H3,(H,19,20). The molecule has 0 saturated carbocycles. The number of hydrogen-bond donors (Lipinski definition) is 2. The highest BCUT2D eigenvalue weighted by molar-refractivity contribution is 7.09. The molecule has 0 spiro atoms. The van der Waals surface area contributed by atoms with Gasteiger partial charge in [-0.15, -0.1) is 11.3 Å². The molecule has 2 N–H and O–H groups in total. The smallest absolute Gasteiger partial charge is 0.224 e. The molecule has 2 aromatic heterocycles. The van der Waals surface area contributed by atoms with Crippen LogP contribution in [0.3, 0.4) is 0 Å². The van der Waals surface area contributed by atoms with Gasteiger partial charge in [0, 0.05) is 41.1 Å². The number of aromatic nitrogens is 2. The lowest BCUT2D eigenvalue weighted by Crippen LogP contribution is -2.28. The van der Waals surface area contributed by atoms with Gasteiger partial charge in [0.05, 0.1) is 11.4 Å². The summed E-state index contributed by atoms with van der Waals surface area (Å²) in [7, 11) is 0. The number of carbonyl (C=O) groups is 1. The highest BCUT2D eigenvalue weighted by Gasteiger charge is 2.12. The van der Waals surface area contributed by atoms with Gasteiger partial charge in [-0.3, -0.25) is 4.79 Å². The van der Waals surface area contributed by atoms with E-state index in [1.807, 2.05) is 35.8 Å². The summed E-state index contributed by atoms with van der Waals surface area (Å²) in [6.45, 7) is 2.69. The Labute approximate surface area is 127 Å². The van der Waals surface area contributed by atoms with Crippen molar-refractivity contribution >= 4 is 28.1 Å². The predicted molar refractivity (Wildman–Crippen MR) is 85.5 cm³/mol. The third kappa shape index (κ3) is 3.13. The lowest BCUT2D eigenvalue weighted by molar-refractivity contribution is -0.120. The van der Waals surface area contributed by atoms with Crippen molar-refractivity contribution in [2.75, 3.05) is 6.54 Å². The molecule has 5 heteroatoms. The van der Waals surface area contributed by atoms with Crippen LogP contribution < -0.4 is 5.32 Å². The van der Waals surface area contributed by atoms with Gasteiger partial charge < -0.3 is 10.3 Å². The number of nitrogens with one attached hydrogen (secondary N) is 2. The predicted octanol–water partition coefficient (Wildman–Crippen LogP) is 3.09. The van der Waals surface area contributed by atoms with Crippen LogP contribution >= 0.6 is 11.3 Å². The van der Waals surface area contributed by atoms with E-state index in [-0.39, 0.29) is 11.8 Å². The zero-order chi connectivity index (χ0) is 14.7. The van der Waals surface area contributed by atoms with Gasteiger partial charge in [-0.25, -0.2) is 4.98 Å². The number of aromatic amines is 1. The largest absolute Gasteiger partial charge is 0.361 e. The molecular formula is C16H17N3OS. The molecule has 0 radical (unpaired) electrons. The number of nitrogens with zero attached hydrogens (tertiary/aromatic N) is 1. The quantitative estimate of drug-likeness (QED) is 0.760. The monoisotopic (exact) mass is 299 g/mol. The first-order valence-corrected chi connectivity index (χ1v) is 7.83. The SMILES string of the molecule is CC(CNC(=O)Cc1c[nH]c2ccccc12)c1nccs1. The number of rotatable bonds is 5. The first-order valence-electron chi connectivity index (χ1n) is 6.95. The molecule has 21 heavy (non-hydrogen) atoms. The van der Waals surface area contributed by atoms with Crippen molar-refractivity contribution in [3.8, 4) is 0 Å². The van der Waals surface area contributed by atoms with Crippen LogP contribution in [0.5, 0.6) is 0 Å². The molecule has 1 amide bonds.